The second-order valence-corrected chi connectivity index (χ2v) is 5.22. The highest BCUT2D eigenvalue weighted by atomic mass is 79.9. The third-order valence-corrected chi connectivity index (χ3v) is 3.16. The molecule has 0 aromatic heterocycles. The van der Waals surface area contributed by atoms with Crippen molar-refractivity contribution >= 4 is 33.2 Å². The van der Waals surface area contributed by atoms with Crippen LogP contribution >= 0.6 is 27.5 Å². The normalized spacial score (nSPS) is 12.5. The Morgan fingerprint density at radius 1 is 1.47 bits per heavy atom. The second-order valence-electron chi connectivity index (χ2n) is 3.90. The standard InChI is InChI=1S/C12H17BrClN/c1-3-4-9(2)8-15-12-6-5-10(13)7-11(12)14/h5-7,9,15H,3-4,8H2,1-2H3. The molecule has 1 aromatic rings. The van der Waals surface area contributed by atoms with Crippen molar-refractivity contribution in [3.8, 4) is 0 Å². The van der Waals surface area contributed by atoms with Gasteiger partial charge in [-0.2, -0.15) is 0 Å². The van der Waals surface area contributed by atoms with Gasteiger partial charge in [0, 0.05) is 11.0 Å². The molecule has 15 heavy (non-hydrogen) atoms. The molecule has 0 aliphatic heterocycles. The zero-order chi connectivity index (χ0) is 11.3. The highest BCUT2D eigenvalue weighted by Gasteiger charge is 2.03. The minimum atomic E-state index is 0.690. The lowest BCUT2D eigenvalue weighted by atomic mass is 10.1. The van der Waals surface area contributed by atoms with E-state index in [0.29, 0.717) is 5.92 Å². The van der Waals surface area contributed by atoms with E-state index in [-0.39, 0.29) is 0 Å². The molecular formula is C12H17BrClN. The summed E-state index contributed by atoms with van der Waals surface area (Å²) in [6.45, 7) is 5.45. The van der Waals surface area contributed by atoms with Gasteiger partial charge in [-0.05, 0) is 30.5 Å². The molecule has 1 N–H and O–H groups in total. The van der Waals surface area contributed by atoms with Crippen molar-refractivity contribution in [2.45, 2.75) is 26.7 Å². The van der Waals surface area contributed by atoms with Crippen LogP contribution in [0.3, 0.4) is 0 Å². The Hall–Kier alpha value is -0.210. The van der Waals surface area contributed by atoms with Crippen molar-refractivity contribution in [3.63, 3.8) is 0 Å². The van der Waals surface area contributed by atoms with Gasteiger partial charge in [0.1, 0.15) is 0 Å². The lowest BCUT2D eigenvalue weighted by molar-refractivity contribution is 0.551. The summed E-state index contributed by atoms with van der Waals surface area (Å²) in [5.41, 5.74) is 1.02. The van der Waals surface area contributed by atoms with Gasteiger partial charge in [-0.15, -0.1) is 0 Å². The van der Waals surface area contributed by atoms with E-state index < -0.39 is 0 Å². The Labute approximate surface area is 105 Å². The van der Waals surface area contributed by atoms with E-state index in [1.165, 1.54) is 12.8 Å². The van der Waals surface area contributed by atoms with E-state index >= 15 is 0 Å². The smallest absolute Gasteiger partial charge is 0.0648 e. The largest absolute Gasteiger partial charge is 0.384 e. The molecule has 1 aromatic carbocycles. The first-order chi connectivity index (χ1) is 7.13. The van der Waals surface area contributed by atoms with Crippen LogP contribution in [-0.2, 0) is 0 Å². The third-order valence-electron chi connectivity index (χ3n) is 2.35. The van der Waals surface area contributed by atoms with Crippen LogP contribution in [0.25, 0.3) is 0 Å². The van der Waals surface area contributed by atoms with Crippen LogP contribution in [0, 0.1) is 5.92 Å². The lowest BCUT2D eigenvalue weighted by Gasteiger charge is -2.13. The number of benzene rings is 1. The zero-order valence-electron chi connectivity index (χ0n) is 9.19. The van der Waals surface area contributed by atoms with Crippen molar-refractivity contribution in [3.05, 3.63) is 27.7 Å². The molecule has 0 fully saturated rings. The zero-order valence-corrected chi connectivity index (χ0v) is 11.5. The van der Waals surface area contributed by atoms with Gasteiger partial charge in [0.2, 0.25) is 0 Å². The van der Waals surface area contributed by atoms with Gasteiger partial charge in [-0.3, -0.25) is 0 Å². The maximum Gasteiger partial charge on any atom is 0.0648 e. The third kappa shape index (κ3) is 4.43. The van der Waals surface area contributed by atoms with Crippen LogP contribution in [0.5, 0.6) is 0 Å². The fourth-order valence-electron chi connectivity index (χ4n) is 1.51. The quantitative estimate of drug-likeness (QED) is 0.809. The van der Waals surface area contributed by atoms with Crippen LogP contribution in [-0.4, -0.2) is 6.54 Å². The molecule has 0 radical (unpaired) electrons. The summed E-state index contributed by atoms with van der Waals surface area (Å²) in [5, 5.41) is 4.14. The predicted molar refractivity (Wildman–Crippen MR) is 71.7 cm³/mol. The minimum Gasteiger partial charge on any atom is -0.384 e. The molecular weight excluding hydrogens is 273 g/mol. The molecule has 0 spiro atoms. The number of nitrogens with one attached hydrogen (secondary N) is 1. The molecule has 0 saturated carbocycles. The molecule has 0 heterocycles. The van der Waals surface area contributed by atoms with E-state index in [1.54, 1.807) is 0 Å². The average Bonchev–Trinajstić information content (AvgIpc) is 2.17. The Morgan fingerprint density at radius 3 is 2.80 bits per heavy atom. The van der Waals surface area contributed by atoms with Crippen LogP contribution in [0.2, 0.25) is 5.02 Å². The Kier molecular flexibility index (Phi) is 5.48. The summed E-state index contributed by atoms with van der Waals surface area (Å²) in [7, 11) is 0. The van der Waals surface area contributed by atoms with E-state index in [9.17, 15) is 0 Å². The van der Waals surface area contributed by atoms with E-state index in [2.05, 4.69) is 35.1 Å². The van der Waals surface area contributed by atoms with Crippen molar-refractivity contribution in [2.24, 2.45) is 5.92 Å². The van der Waals surface area contributed by atoms with E-state index in [4.69, 9.17) is 11.6 Å². The summed E-state index contributed by atoms with van der Waals surface area (Å²) in [4.78, 5) is 0. The molecule has 0 saturated heterocycles. The van der Waals surface area contributed by atoms with Crippen LogP contribution in [0.1, 0.15) is 26.7 Å². The number of halogens is 2. The molecule has 84 valence electrons. The number of rotatable bonds is 5. The second kappa shape index (κ2) is 6.39. The summed E-state index contributed by atoms with van der Waals surface area (Å²) < 4.78 is 1.01. The number of hydrogen-bond donors (Lipinski definition) is 1. The fraction of sp³-hybridized carbons (Fsp3) is 0.500. The summed E-state index contributed by atoms with van der Waals surface area (Å²) in [6.07, 6.45) is 2.48. The first-order valence-corrected chi connectivity index (χ1v) is 6.49. The maximum atomic E-state index is 6.10. The van der Waals surface area contributed by atoms with Gasteiger partial charge in [-0.1, -0.05) is 47.8 Å². The van der Waals surface area contributed by atoms with Gasteiger partial charge in [-0.25, -0.2) is 0 Å². The first-order valence-electron chi connectivity index (χ1n) is 5.32. The minimum absolute atomic E-state index is 0.690. The van der Waals surface area contributed by atoms with Crippen molar-refractivity contribution in [2.75, 3.05) is 11.9 Å². The lowest BCUT2D eigenvalue weighted by Crippen LogP contribution is -2.11. The molecule has 1 rings (SSSR count). The summed E-state index contributed by atoms with van der Waals surface area (Å²) in [6, 6.07) is 5.91. The van der Waals surface area contributed by atoms with Crippen molar-refractivity contribution < 1.29 is 0 Å². The van der Waals surface area contributed by atoms with Gasteiger partial charge >= 0.3 is 0 Å². The SMILES string of the molecule is CCCC(C)CNc1ccc(Br)cc1Cl. The monoisotopic (exact) mass is 289 g/mol. The van der Waals surface area contributed by atoms with Crippen molar-refractivity contribution in [1.29, 1.82) is 0 Å². The van der Waals surface area contributed by atoms with Gasteiger partial charge in [0.05, 0.1) is 10.7 Å². The van der Waals surface area contributed by atoms with Crippen LogP contribution < -0.4 is 5.32 Å². The van der Waals surface area contributed by atoms with Crippen LogP contribution in [0.4, 0.5) is 5.69 Å². The number of hydrogen-bond acceptors (Lipinski definition) is 1. The van der Waals surface area contributed by atoms with Gasteiger partial charge in [0.15, 0.2) is 0 Å². The Balaban J connectivity index is 2.50. The highest BCUT2D eigenvalue weighted by Crippen LogP contribution is 2.25. The molecule has 0 aliphatic rings. The van der Waals surface area contributed by atoms with E-state index in [1.807, 2.05) is 18.2 Å². The van der Waals surface area contributed by atoms with Gasteiger partial charge < -0.3 is 5.32 Å². The average molecular weight is 291 g/mol. The molecule has 0 aliphatic carbocycles. The molecule has 1 nitrogen and oxygen atoms in total. The number of anilines is 1. The Bertz CT molecular complexity index is 314. The molecule has 3 heteroatoms. The summed E-state index contributed by atoms with van der Waals surface area (Å²) in [5.74, 6) is 0.690. The van der Waals surface area contributed by atoms with Gasteiger partial charge in [0.25, 0.3) is 0 Å². The molecule has 1 unspecified atom stereocenters. The predicted octanol–water partition coefficient (Wildman–Crippen LogP) is 4.95. The molecule has 0 amide bonds. The van der Waals surface area contributed by atoms with Crippen LogP contribution in [0.15, 0.2) is 22.7 Å². The van der Waals surface area contributed by atoms with Crippen molar-refractivity contribution in [1.82, 2.24) is 0 Å². The molecule has 1 atom stereocenters. The topological polar surface area (TPSA) is 12.0 Å². The first kappa shape index (κ1) is 12.9. The maximum absolute atomic E-state index is 6.10. The summed E-state index contributed by atoms with van der Waals surface area (Å²) >= 11 is 9.49. The highest BCUT2D eigenvalue weighted by molar-refractivity contribution is 9.10. The molecule has 0 bridgehead atoms. The Morgan fingerprint density at radius 2 is 2.20 bits per heavy atom. The van der Waals surface area contributed by atoms with E-state index in [0.717, 1.165) is 21.7 Å². The fourth-order valence-corrected chi connectivity index (χ4v) is 2.25.